The topological polar surface area (TPSA) is 12.9 Å². The van der Waals surface area contributed by atoms with Gasteiger partial charge in [-0.1, -0.05) is 152 Å². The third-order valence-corrected chi connectivity index (χ3v) is 12.6. The molecule has 0 fully saturated rings. The number of nitrogens with zero attached hydrogens (tertiary/aromatic N) is 1. The van der Waals surface area contributed by atoms with Crippen molar-refractivity contribution in [2.45, 2.75) is 56.3 Å². The highest BCUT2D eigenvalue weighted by atomic mass is 14.6. The minimum atomic E-state index is 0.269. The van der Waals surface area contributed by atoms with Gasteiger partial charge in [0.1, 0.15) is 0 Å². The van der Waals surface area contributed by atoms with Gasteiger partial charge in [0.25, 0.3) is 0 Å². The van der Waals surface area contributed by atoms with Gasteiger partial charge in [0.15, 0.2) is 0 Å². The second kappa shape index (κ2) is 15.3. The molecule has 0 N–H and O–H groups in total. The molecule has 1 nitrogen and oxygen atoms in total. The number of hydrogen-bond donors (Lipinski definition) is 0. The Hall–Kier alpha value is -6.31. The normalized spacial score (nSPS) is 19.9. The zero-order valence-electron chi connectivity index (χ0n) is 32.4. The second-order valence-corrected chi connectivity index (χ2v) is 16.2. The van der Waals surface area contributed by atoms with Crippen molar-refractivity contribution in [1.29, 1.82) is 0 Å². The van der Waals surface area contributed by atoms with Crippen molar-refractivity contribution in [3.8, 4) is 33.4 Å². The zero-order chi connectivity index (χ0) is 38.1. The first-order valence-corrected chi connectivity index (χ1v) is 20.7. The number of pyridine rings is 1. The van der Waals surface area contributed by atoms with Crippen LogP contribution in [0.3, 0.4) is 0 Å². The molecule has 4 aliphatic rings. The summed E-state index contributed by atoms with van der Waals surface area (Å²) in [6.45, 7) is 4.26. The van der Waals surface area contributed by atoms with Gasteiger partial charge < -0.3 is 0 Å². The van der Waals surface area contributed by atoms with Gasteiger partial charge in [-0.15, -0.1) is 0 Å². The summed E-state index contributed by atoms with van der Waals surface area (Å²) in [6, 6.07) is 48.0. The van der Waals surface area contributed by atoms with Crippen LogP contribution in [0.5, 0.6) is 0 Å². The highest BCUT2D eigenvalue weighted by Gasteiger charge is 2.33. The van der Waals surface area contributed by atoms with Crippen LogP contribution < -0.4 is 0 Å². The van der Waals surface area contributed by atoms with E-state index in [4.69, 9.17) is 0 Å². The number of fused-ring (bicyclic) bond motifs is 6. The van der Waals surface area contributed by atoms with Crippen LogP contribution in [-0.4, -0.2) is 4.98 Å². The van der Waals surface area contributed by atoms with Crippen LogP contribution >= 0.6 is 0 Å². The molecule has 1 heteroatoms. The van der Waals surface area contributed by atoms with E-state index < -0.39 is 0 Å². The fourth-order valence-electron chi connectivity index (χ4n) is 9.70. The first-order chi connectivity index (χ1) is 28.1. The van der Waals surface area contributed by atoms with Gasteiger partial charge in [0, 0.05) is 24.2 Å². The van der Waals surface area contributed by atoms with Crippen molar-refractivity contribution < 1.29 is 0 Å². The Kier molecular flexibility index (Phi) is 9.44. The molecule has 5 aromatic carbocycles. The van der Waals surface area contributed by atoms with E-state index in [-0.39, 0.29) is 5.92 Å². The molecule has 0 spiro atoms. The molecular weight excluding hydrogens is 687 g/mol. The lowest BCUT2D eigenvalue weighted by molar-refractivity contribution is 0.560. The van der Waals surface area contributed by atoms with Gasteiger partial charge in [-0.05, 0) is 158 Å². The Balaban J connectivity index is 0.968. The molecular formula is C56H47N. The monoisotopic (exact) mass is 733 g/mol. The van der Waals surface area contributed by atoms with Crippen LogP contribution in [0.1, 0.15) is 89.7 Å². The molecule has 6 aromatic rings. The van der Waals surface area contributed by atoms with Gasteiger partial charge in [-0.3, -0.25) is 4.98 Å². The summed E-state index contributed by atoms with van der Waals surface area (Å²) in [6.07, 6.45) is 26.7. The lowest BCUT2D eigenvalue weighted by atomic mass is 9.70. The van der Waals surface area contributed by atoms with E-state index in [1.165, 1.54) is 102 Å². The van der Waals surface area contributed by atoms with Crippen molar-refractivity contribution in [1.82, 2.24) is 4.98 Å². The number of hydrogen-bond acceptors (Lipinski definition) is 1. The summed E-state index contributed by atoms with van der Waals surface area (Å²) in [5.74, 6) is 1.18. The molecule has 0 saturated carbocycles. The third-order valence-electron chi connectivity index (χ3n) is 12.6. The molecule has 3 atom stereocenters. The van der Waals surface area contributed by atoms with Crippen LogP contribution in [0.2, 0.25) is 0 Å². The summed E-state index contributed by atoms with van der Waals surface area (Å²) in [5, 5.41) is 0. The Labute approximate surface area is 337 Å². The van der Waals surface area contributed by atoms with E-state index in [0.717, 1.165) is 25.7 Å². The van der Waals surface area contributed by atoms with Gasteiger partial charge in [-0.2, -0.15) is 0 Å². The van der Waals surface area contributed by atoms with E-state index in [2.05, 4.69) is 181 Å². The van der Waals surface area contributed by atoms with E-state index in [1.54, 1.807) is 0 Å². The molecule has 1 aromatic heterocycles. The summed E-state index contributed by atoms with van der Waals surface area (Å²) in [5.41, 5.74) is 21.2. The Morgan fingerprint density at radius 3 is 2.07 bits per heavy atom. The standard InChI is InChI=1S/C56H47N/c1-38-11-6-12-39(26-25-38)48-34-49(40-27-29-57-30-28-40)36-50(35-48)46-18-9-16-44(33-46)42-14-7-13-41(31-42)43-15-8-17-45(32-43)47-19-10-24-55-53-22-3-2-20-51(53)52-21-4-5-23-54(52)56(55)37-47/h2-9,12-17,20-23,26-37,46,55-56H,1,10-11,18-19,24-25H2. The number of rotatable bonds is 6. The van der Waals surface area contributed by atoms with E-state index in [1.807, 2.05) is 12.4 Å². The van der Waals surface area contributed by atoms with Gasteiger partial charge in [0.05, 0.1) is 0 Å². The van der Waals surface area contributed by atoms with Crippen LogP contribution in [0.15, 0.2) is 194 Å². The van der Waals surface area contributed by atoms with Gasteiger partial charge in [0.2, 0.25) is 0 Å². The minimum absolute atomic E-state index is 0.269. The van der Waals surface area contributed by atoms with Crippen LogP contribution in [0, 0.1) is 0 Å². The smallest absolute Gasteiger partial charge is 0.0273 e. The highest BCUT2D eigenvalue weighted by Crippen LogP contribution is 2.52. The number of benzene rings is 5. The molecule has 57 heavy (non-hydrogen) atoms. The molecule has 0 saturated heterocycles. The fourth-order valence-corrected chi connectivity index (χ4v) is 9.70. The van der Waals surface area contributed by atoms with Crippen molar-refractivity contribution in [3.05, 3.63) is 228 Å². The van der Waals surface area contributed by atoms with Crippen LogP contribution in [0.4, 0.5) is 0 Å². The predicted molar refractivity (Wildman–Crippen MR) is 241 cm³/mol. The van der Waals surface area contributed by atoms with Crippen molar-refractivity contribution >= 4 is 16.7 Å². The maximum Gasteiger partial charge on any atom is 0.0273 e. The predicted octanol–water partition coefficient (Wildman–Crippen LogP) is 14.9. The SMILES string of the molecule is C=C1CC=CC(c2cc(-c3ccncc3)cc(C3C=C(c4cccc(-c5cccc(C6=CC7c8ccccc8-c8ccccc8C7CCC6)c5)c4)C=CC3)c2)=CC1. The molecule has 4 aliphatic carbocycles. The highest BCUT2D eigenvalue weighted by molar-refractivity contribution is 5.83. The molecule has 0 amide bonds. The Bertz CT molecular complexity index is 2660. The third kappa shape index (κ3) is 7.04. The summed E-state index contributed by atoms with van der Waals surface area (Å²) in [7, 11) is 0. The van der Waals surface area contributed by atoms with Crippen molar-refractivity contribution in [2.24, 2.45) is 0 Å². The average Bonchev–Trinajstić information content (AvgIpc) is 3.65. The fraction of sp³-hybridized carbons (Fsp3) is 0.161. The molecule has 276 valence electrons. The first-order valence-electron chi connectivity index (χ1n) is 20.7. The maximum atomic E-state index is 4.30. The average molecular weight is 734 g/mol. The Morgan fingerprint density at radius 2 is 1.23 bits per heavy atom. The lowest BCUT2D eigenvalue weighted by Crippen LogP contribution is -2.16. The van der Waals surface area contributed by atoms with Crippen molar-refractivity contribution in [3.63, 3.8) is 0 Å². The largest absolute Gasteiger partial charge is 0.265 e. The summed E-state index contributed by atoms with van der Waals surface area (Å²) < 4.78 is 0. The number of aromatic nitrogens is 1. The van der Waals surface area contributed by atoms with E-state index >= 15 is 0 Å². The molecule has 0 aliphatic heterocycles. The first kappa shape index (κ1) is 35.1. The maximum absolute atomic E-state index is 4.30. The molecule has 0 bridgehead atoms. The zero-order valence-corrected chi connectivity index (χ0v) is 32.4. The quantitative estimate of drug-likeness (QED) is 0.155. The van der Waals surface area contributed by atoms with E-state index in [9.17, 15) is 0 Å². The van der Waals surface area contributed by atoms with Crippen LogP contribution in [-0.2, 0) is 0 Å². The second-order valence-electron chi connectivity index (χ2n) is 16.2. The lowest BCUT2D eigenvalue weighted by Gasteiger charge is -2.33. The summed E-state index contributed by atoms with van der Waals surface area (Å²) in [4.78, 5) is 4.30. The van der Waals surface area contributed by atoms with Crippen molar-refractivity contribution in [2.75, 3.05) is 0 Å². The van der Waals surface area contributed by atoms with Gasteiger partial charge >= 0.3 is 0 Å². The molecule has 3 unspecified atom stereocenters. The molecule has 10 rings (SSSR count). The number of allylic oxidation sites excluding steroid dienone is 11. The van der Waals surface area contributed by atoms with Crippen LogP contribution in [0.25, 0.3) is 50.1 Å². The minimum Gasteiger partial charge on any atom is -0.265 e. The summed E-state index contributed by atoms with van der Waals surface area (Å²) >= 11 is 0. The van der Waals surface area contributed by atoms with E-state index in [0.29, 0.717) is 11.8 Å². The van der Waals surface area contributed by atoms with Gasteiger partial charge in [-0.25, -0.2) is 0 Å². The molecule has 0 radical (unpaired) electrons. The Morgan fingerprint density at radius 1 is 0.544 bits per heavy atom. The molecule has 1 heterocycles.